The molecule has 0 aliphatic carbocycles. The van der Waals surface area contributed by atoms with Crippen molar-refractivity contribution in [1.82, 2.24) is 15.1 Å². The molecule has 0 saturated carbocycles. The van der Waals surface area contributed by atoms with Crippen LogP contribution in [-0.2, 0) is 16.6 Å². The Kier molecular flexibility index (Phi) is 5.18. The SMILES string of the molecule is Cc1cc(-c2cccc(NC(=O)C3=CNC(=O)CC3c3ccc(F)cc3)c2)nn1C. The standard InChI is InChI=1S/C23H21FN4O2/c1-14-10-21(27-28(14)2)16-4-3-5-18(11-16)26-23(30)20-13-25-22(29)12-19(20)15-6-8-17(24)9-7-15/h3-11,13,19H,12H2,1-2H3,(H,25,29)(H,26,30). The summed E-state index contributed by atoms with van der Waals surface area (Å²) in [5.41, 5.74) is 4.49. The van der Waals surface area contributed by atoms with E-state index in [0.717, 1.165) is 17.0 Å². The molecule has 2 N–H and O–H groups in total. The number of anilines is 1. The molecule has 4 rings (SSSR count). The summed E-state index contributed by atoms with van der Waals surface area (Å²) in [6.45, 7) is 1.97. The molecule has 2 aromatic carbocycles. The third kappa shape index (κ3) is 4.00. The summed E-state index contributed by atoms with van der Waals surface area (Å²) in [6, 6.07) is 15.3. The van der Waals surface area contributed by atoms with Crippen molar-refractivity contribution >= 4 is 17.5 Å². The molecule has 2 amide bonds. The molecule has 30 heavy (non-hydrogen) atoms. The van der Waals surface area contributed by atoms with Crippen molar-refractivity contribution in [2.75, 3.05) is 5.32 Å². The number of carbonyl (C=O) groups is 2. The van der Waals surface area contributed by atoms with E-state index in [0.29, 0.717) is 16.8 Å². The lowest BCUT2D eigenvalue weighted by Crippen LogP contribution is -2.31. The van der Waals surface area contributed by atoms with Crippen LogP contribution >= 0.6 is 0 Å². The molecular weight excluding hydrogens is 383 g/mol. The van der Waals surface area contributed by atoms with Gasteiger partial charge in [0, 0.05) is 48.1 Å². The maximum absolute atomic E-state index is 13.3. The van der Waals surface area contributed by atoms with Crippen LogP contribution in [0.3, 0.4) is 0 Å². The van der Waals surface area contributed by atoms with Crippen LogP contribution in [0, 0.1) is 12.7 Å². The highest BCUT2D eigenvalue weighted by Gasteiger charge is 2.29. The zero-order chi connectivity index (χ0) is 21.3. The predicted molar refractivity (Wildman–Crippen MR) is 112 cm³/mol. The average molecular weight is 404 g/mol. The molecule has 1 unspecified atom stereocenters. The zero-order valence-corrected chi connectivity index (χ0v) is 16.6. The van der Waals surface area contributed by atoms with E-state index in [1.165, 1.54) is 18.3 Å². The summed E-state index contributed by atoms with van der Waals surface area (Å²) < 4.78 is 15.1. The molecule has 1 aliphatic heterocycles. The minimum atomic E-state index is -0.444. The first-order chi connectivity index (χ1) is 14.4. The second-order valence-electron chi connectivity index (χ2n) is 7.30. The van der Waals surface area contributed by atoms with E-state index in [1.54, 1.807) is 22.9 Å². The third-order valence-electron chi connectivity index (χ3n) is 5.22. The Bertz CT molecular complexity index is 1130. The van der Waals surface area contributed by atoms with Gasteiger partial charge in [-0.25, -0.2) is 4.39 Å². The third-order valence-corrected chi connectivity index (χ3v) is 5.22. The Labute approximate surface area is 173 Å². The molecule has 0 radical (unpaired) electrons. The van der Waals surface area contributed by atoms with Crippen LogP contribution in [0.5, 0.6) is 0 Å². The molecule has 1 aliphatic rings. The first-order valence-corrected chi connectivity index (χ1v) is 9.58. The Balaban J connectivity index is 1.58. The maximum atomic E-state index is 13.3. The first-order valence-electron chi connectivity index (χ1n) is 9.58. The highest BCUT2D eigenvalue weighted by molar-refractivity contribution is 6.06. The van der Waals surface area contributed by atoms with E-state index >= 15 is 0 Å². The van der Waals surface area contributed by atoms with Crippen LogP contribution < -0.4 is 10.6 Å². The number of amides is 2. The molecule has 0 fully saturated rings. The van der Waals surface area contributed by atoms with Gasteiger partial charge in [0.2, 0.25) is 5.91 Å². The summed E-state index contributed by atoms with van der Waals surface area (Å²) in [4.78, 5) is 24.9. The molecule has 3 aromatic rings. The lowest BCUT2D eigenvalue weighted by Gasteiger charge is -2.24. The van der Waals surface area contributed by atoms with Crippen molar-refractivity contribution in [1.29, 1.82) is 0 Å². The molecule has 7 heteroatoms. The van der Waals surface area contributed by atoms with Gasteiger partial charge < -0.3 is 10.6 Å². The molecule has 1 aromatic heterocycles. The summed E-state index contributed by atoms with van der Waals surface area (Å²) in [5.74, 6) is -1.32. The van der Waals surface area contributed by atoms with Gasteiger partial charge in [0.1, 0.15) is 5.82 Å². The van der Waals surface area contributed by atoms with Gasteiger partial charge in [-0.3, -0.25) is 14.3 Å². The van der Waals surface area contributed by atoms with Crippen molar-refractivity contribution in [3.05, 3.63) is 83.4 Å². The topological polar surface area (TPSA) is 76.0 Å². The monoisotopic (exact) mass is 404 g/mol. The van der Waals surface area contributed by atoms with Crippen molar-refractivity contribution in [2.24, 2.45) is 7.05 Å². The predicted octanol–water partition coefficient (Wildman–Crippen LogP) is 3.66. The summed E-state index contributed by atoms with van der Waals surface area (Å²) in [6.07, 6.45) is 1.55. The summed E-state index contributed by atoms with van der Waals surface area (Å²) in [5, 5.41) is 9.98. The van der Waals surface area contributed by atoms with E-state index in [2.05, 4.69) is 15.7 Å². The molecule has 152 valence electrons. The number of aryl methyl sites for hydroxylation is 2. The van der Waals surface area contributed by atoms with E-state index in [9.17, 15) is 14.0 Å². The van der Waals surface area contributed by atoms with E-state index in [1.807, 2.05) is 38.2 Å². The number of carbonyl (C=O) groups excluding carboxylic acids is 2. The minimum Gasteiger partial charge on any atom is -0.332 e. The minimum absolute atomic E-state index is 0.123. The van der Waals surface area contributed by atoms with Gasteiger partial charge in [-0.1, -0.05) is 24.3 Å². The van der Waals surface area contributed by atoms with Gasteiger partial charge >= 0.3 is 0 Å². The fraction of sp³-hybridized carbons (Fsp3) is 0.174. The average Bonchev–Trinajstić information content (AvgIpc) is 3.07. The van der Waals surface area contributed by atoms with Crippen LogP contribution in [-0.4, -0.2) is 21.6 Å². The number of nitrogens with one attached hydrogen (secondary N) is 2. The number of nitrogens with zero attached hydrogens (tertiary/aromatic N) is 2. The maximum Gasteiger partial charge on any atom is 0.253 e. The molecule has 0 spiro atoms. The fourth-order valence-electron chi connectivity index (χ4n) is 3.49. The number of halogens is 1. The normalized spacial score (nSPS) is 16.0. The number of benzene rings is 2. The van der Waals surface area contributed by atoms with Gasteiger partial charge in [0.25, 0.3) is 5.91 Å². The van der Waals surface area contributed by atoms with Crippen molar-refractivity contribution in [3.63, 3.8) is 0 Å². The fourth-order valence-corrected chi connectivity index (χ4v) is 3.49. The molecule has 6 nitrogen and oxygen atoms in total. The largest absolute Gasteiger partial charge is 0.332 e. The van der Waals surface area contributed by atoms with Gasteiger partial charge in [-0.15, -0.1) is 0 Å². The van der Waals surface area contributed by atoms with Crippen molar-refractivity contribution < 1.29 is 14.0 Å². The Morgan fingerprint density at radius 2 is 1.97 bits per heavy atom. The van der Waals surface area contributed by atoms with Crippen LogP contribution in [0.2, 0.25) is 0 Å². The second kappa shape index (κ2) is 7.94. The van der Waals surface area contributed by atoms with Crippen LogP contribution in [0.1, 0.15) is 23.6 Å². The van der Waals surface area contributed by atoms with Gasteiger partial charge in [0.05, 0.1) is 5.69 Å². The quantitative estimate of drug-likeness (QED) is 0.697. The van der Waals surface area contributed by atoms with Crippen LogP contribution in [0.4, 0.5) is 10.1 Å². The highest BCUT2D eigenvalue weighted by Crippen LogP contribution is 2.31. The number of rotatable bonds is 4. The smallest absolute Gasteiger partial charge is 0.253 e. The molecular formula is C23H21FN4O2. The Hall–Kier alpha value is -3.74. The molecule has 0 bridgehead atoms. The van der Waals surface area contributed by atoms with Gasteiger partial charge in [-0.2, -0.15) is 5.10 Å². The van der Waals surface area contributed by atoms with Gasteiger partial charge in [-0.05, 0) is 42.8 Å². The van der Waals surface area contributed by atoms with Crippen molar-refractivity contribution in [3.8, 4) is 11.3 Å². The van der Waals surface area contributed by atoms with E-state index in [-0.39, 0.29) is 24.1 Å². The molecule has 2 heterocycles. The number of aromatic nitrogens is 2. The highest BCUT2D eigenvalue weighted by atomic mass is 19.1. The van der Waals surface area contributed by atoms with E-state index in [4.69, 9.17) is 0 Å². The van der Waals surface area contributed by atoms with Gasteiger partial charge in [0.15, 0.2) is 0 Å². The lowest BCUT2D eigenvalue weighted by atomic mass is 9.86. The van der Waals surface area contributed by atoms with Crippen LogP contribution in [0.25, 0.3) is 11.3 Å². The van der Waals surface area contributed by atoms with Crippen LogP contribution in [0.15, 0.2) is 66.4 Å². The van der Waals surface area contributed by atoms with Crippen molar-refractivity contribution in [2.45, 2.75) is 19.3 Å². The molecule has 0 saturated heterocycles. The summed E-state index contributed by atoms with van der Waals surface area (Å²) >= 11 is 0. The second-order valence-corrected chi connectivity index (χ2v) is 7.30. The number of hydrogen-bond acceptors (Lipinski definition) is 3. The first kappa shape index (κ1) is 19.6. The lowest BCUT2D eigenvalue weighted by molar-refractivity contribution is -0.121. The molecule has 1 atom stereocenters. The Morgan fingerprint density at radius 1 is 1.20 bits per heavy atom. The number of hydrogen-bond donors (Lipinski definition) is 2. The zero-order valence-electron chi connectivity index (χ0n) is 16.6. The summed E-state index contributed by atoms with van der Waals surface area (Å²) in [7, 11) is 1.88. The Morgan fingerprint density at radius 3 is 2.67 bits per heavy atom. The van der Waals surface area contributed by atoms with E-state index < -0.39 is 5.92 Å².